The molecule has 104 valence electrons. The Kier molecular flexibility index (Phi) is 4.56. The van der Waals surface area contributed by atoms with E-state index in [-0.39, 0.29) is 18.6 Å². The molecule has 0 aromatic carbocycles. The molecule has 1 amide bonds. The summed E-state index contributed by atoms with van der Waals surface area (Å²) in [7, 11) is 1.56. The first kappa shape index (κ1) is 14.8. The number of nitrogens with zero attached hydrogens (tertiary/aromatic N) is 1. The number of methoxy groups -OCH3 is 1. The van der Waals surface area contributed by atoms with Gasteiger partial charge in [0.05, 0.1) is 19.1 Å². The highest BCUT2D eigenvalue weighted by Gasteiger charge is 2.38. The molecule has 1 N–H and O–H groups in total. The molecule has 1 rings (SSSR count). The zero-order chi connectivity index (χ0) is 13.9. The Morgan fingerprint density at radius 2 is 2.00 bits per heavy atom. The van der Waals surface area contributed by atoms with Crippen molar-refractivity contribution in [2.75, 3.05) is 13.7 Å². The molecule has 1 aliphatic rings. The van der Waals surface area contributed by atoms with Crippen LogP contribution in [0.5, 0.6) is 0 Å². The molecule has 1 heterocycles. The van der Waals surface area contributed by atoms with Gasteiger partial charge >= 0.3 is 12.1 Å². The zero-order valence-electron chi connectivity index (χ0n) is 11.3. The number of likely N-dealkylation sites (tertiary alicyclic amines) is 1. The minimum absolute atomic E-state index is 0.0842. The largest absolute Gasteiger partial charge is 0.481 e. The third kappa shape index (κ3) is 4.18. The first-order chi connectivity index (χ1) is 8.23. The number of carbonyl (C=O) groups is 2. The predicted molar refractivity (Wildman–Crippen MR) is 64.4 cm³/mol. The van der Waals surface area contributed by atoms with Gasteiger partial charge in [0.2, 0.25) is 0 Å². The van der Waals surface area contributed by atoms with Gasteiger partial charge in [0.1, 0.15) is 5.60 Å². The summed E-state index contributed by atoms with van der Waals surface area (Å²) in [5, 5.41) is 8.85. The summed E-state index contributed by atoms with van der Waals surface area (Å²) in [5.74, 6) is -0.926. The third-order valence-corrected chi connectivity index (χ3v) is 2.75. The van der Waals surface area contributed by atoms with Crippen LogP contribution in [0.25, 0.3) is 0 Å². The fraction of sp³-hybridized carbons (Fsp3) is 0.833. The molecule has 0 aliphatic carbocycles. The smallest absolute Gasteiger partial charge is 0.410 e. The van der Waals surface area contributed by atoms with Crippen LogP contribution in [0.15, 0.2) is 0 Å². The SMILES string of the molecule is CO[C@@H]1C[C@H](CC(=O)O)N(C(=O)OC(C)(C)C)C1. The number of carboxylic acids is 1. The second kappa shape index (κ2) is 5.56. The first-order valence-electron chi connectivity index (χ1n) is 5.97. The van der Waals surface area contributed by atoms with Crippen molar-refractivity contribution in [3.05, 3.63) is 0 Å². The maximum atomic E-state index is 12.0. The third-order valence-electron chi connectivity index (χ3n) is 2.75. The normalized spacial score (nSPS) is 24.1. The van der Waals surface area contributed by atoms with Crippen LogP contribution in [0.1, 0.15) is 33.6 Å². The van der Waals surface area contributed by atoms with Crippen molar-refractivity contribution in [2.45, 2.75) is 51.4 Å². The van der Waals surface area contributed by atoms with Crippen molar-refractivity contribution < 1.29 is 24.2 Å². The summed E-state index contributed by atoms with van der Waals surface area (Å²) in [6, 6.07) is -0.359. The molecule has 6 nitrogen and oxygen atoms in total. The molecule has 0 aromatic heterocycles. The van der Waals surface area contributed by atoms with E-state index in [0.29, 0.717) is 13.0 Å². The van der Waals surface area contributed by atoms with Crippen LogP contribution in [-0.4, -0.2) is 53.5 Å². The Labute approximate surface area is 107 Å². The van der Waals surface area contributed by atoms with Gasteiger partial charge < -0.3 is 19.5 Å². The molecule has 0 bridgehead atoms. The van der Waals surface area contributed by atoms with Crippen molar-refractivity contribution in [1.29, 1.82) is 0 Å². The maximum Gasteiger partial charge on any atom is 0.410 e. The number of ether oxygens (including phenoxy) is 2. The molecule has 1 aliphatic heterocycles. The molecule has 0 radical (unpaired) electrons. The van der Waals surface area contributed by atoms with Crippen LogP contribution in [0.4, 0.5) is 4.79 Å². The summed E-state index contributed by atoms with van der Waals surface area (Å²) in [4.78, 5) is 24.2. The van der Waals surface area contributed by atoms with E-state index in [9.17, 15) is 9.59 Å². The average Bonchev–Trinajstić information content (AvgIpc) is 2.57. The van der Waals surface area contributed by atoms with Gasteiger partial charge in [0.15, 0.2) is 0 Å². The van der Waals surface area contributed by atoms with Crippen molar-refractivity contribution >= 4 is 12.1 Å². The second-order valence-electron chi connectivity index (χ2n) is 5.48. The zero-order valence-corrected chi connectivity index (χ0v) is 11.3. The lowest BCUT2D eigenvalue weighted by molar-refractivity contribution is -0.138. The lowest BCUT2D eigenvalue weighted by Crippen LogP contribution is -2.41. The van der Waals surface area contributed by atoms with Crippen LogP contribution >= 0.6 is 0 Å². The number of aliphatic carboxylic acids is 1. The van der Waals surface area contributed by atoms with Crippen molar-refractivity contribution in [2.24, 2.45) is 0 Å². The monoisotopic (exact) mass is 259 g/mol. The van der Waals surface area contributed by atoms with E-state index < -0.39 is 17.7 Å². The summed E-state index contributed by atoms with van der Waals surface area (Å²) < 4.78 is 10.5. The number of carbonyl (C=O) groups excluding carboxylic acids is 1. The number of amides is 1. The fourth-order valence-corrected chi connectivity index (χ4v) is 1.98. The Balaban J connectivity index is 2.70. The van der Waals surface area contributed by atoms with Crippen LogP contribution < -0.4 is 0 Å². The molecule has 1 saturated heterocycles. The number of hydrogen-bond donors (Lipinski definition) is 1. The second-order valence-corrected chi connectivity index (χ2v) is 5.48. The van der Waals surface area contributed by atoms with E-state index in [1.165, 1.54) is 4.90 Å². The molecule has 6 heteroatoms. The molecule has 1 fully saturated rings. The molecular formula is C12H21NO5. The minimum Gasteiger partial charge on any atom is -0.481 e. The van der Waals surface area contributed by atoms with Gasteiger partial charge in [-0.3, -0.25) is 4.79 Å². The van der Waals surface area contributed by atoms with E-state index in [0.717, 1.165) is 0 Å². The molecule has 0 saturated carbocycles. The maximum absolute atomic E-state index is 12.0. The summed E-state index contributed by atoms with van der Waals surface area (Å²) >= 11 is 0. The molecule has 2 atom stereocenters. The quantitative estimate of drug-likeness (QED) is 0.831. The summed E-state index contributed by atoms with van der Waals surface area (Å²) in [5.41, 5.74) is -0.587. The number of carboxylic acid groups (broad SMARTS) is 1. The Morgan fingerprint density at radius 1 is 1.39 bits per heavy atom. The topological polar surface area (TPSA) is 76.1 Å². The molecule has 0 spiro atoms. The molecule has 18 heavy (non-hydrogen) atoms. The van der Waals surface area contributed by atoms with Gasteiger partial charge in [0.25, 0.3) is 0 Å². The highest BCUT2D eigenvalue weighted by Crippen LogP contribution is 2.24. The minimum atomic E-state index is -0.926. The predicted octanol–water partition coefficient (Wildman–Crippen LogP) is 1.49. The van der Waals surface area contributed by atoms with Crippen LogP contribution in [0, 0.1) is 0 Å². The fourth-order valence-electron chi connectivity index (χ4n) is 1.98. The van der Waals surface area contributed by atoms with Crippen molar-refractivity contribution in [1.82, 2.24) is 4.90 Å². The van der Waals surface area contributed by atoms with E-state index >= 15 is 0 Å². The van der Waals surface area contributed by atoms with Gasteiger partial charge in [-0.15, -0.1) is 0 Å². The number of rotatable bonds is 3. The summed E-state index contributed by atoms with van der Waals surface area (Å²) in [6.45, 7) is 5.71. The van der Waals surface area contributed by atoms with Gasteiger partial charge in [-0.05, 0) is 27.2 Å². The highest BCUT2D eigenvalue weighted by atomic mass is 16.6. The van der Waals surface area contributed by atoms with Crippen molar-refractivity contribution in [3.63, 3.8) is 0 Å². The lowest BCUT2D eigenvalue weighted by atomic mass is 10.1. The van der Waals surface area contributed by atoms with E-state index in [1.54, 1.807) is 27.9 Å². The summed E-state index contributed by atoms with van der Waals surface area (Å²) in [6.07, 6.45) is -0.156. The van der Waals surface area contributed by atoms with E-state index in [2.05, 4.69) is 0 Å². The molecular weight excluding hydrogens is 238 g/mol. The van der Waals surface area contributed by atoms with E-state index in [4.69, 9.17) is 14.6 Å². The van der Waals surface area contributed by atoms with Gasteiger partial charge in [-0.1, -0.05) is 0 Å². The Morgan fingerprint density at radius 3 is 2.44 bits per heavy atom. The standard InChI is InChI=1S/C12H21NO5/c1-12(2,3)18-11(16)13-7-9(17-4)5-8(13)6-10(14)15/h8-9H,5-7H2,1-4H3,(H,14,15)/t8-,9-/m1/s1. The van der Waals surface area contributed by atoms with Crippen LogP contribution in [0.3, 0.4) is 0 Å². The first-order valence-corrected chi connectivity index (χ1v) is 5.97. The van der Waals surface area contributed by atoms with E-state index in [1.807, 2.05) is 0 Å². The Hall–Kier alpha value is -1.30. The van der Waals surface area contributed by atoms with Crippen LogP contribution in [-0.2, 0) is 14.3 Å². The molecule has 0 unspecified atom stereocenters. The van der Waals surface area contributed by atoms with Crippen LogP contribution in [0.2, 0.25) is 0 Å². The average molecular weight is 259 g/mol. The van der Waals surface area contributed by atoms with Crippen molar-refractivity contribution in [3.8, 4) is 0 Å². The molecule has 0 aromatic rings. The van der Waals surface area contributed by atoms with Gasteiger partial charge in [0, 0.05) is 13.2 Å². The lowest BCUT2D eigenvalue weighted by Gasteiger charge is -2.27. The van der Waals surface area contributed by atoms with Gasteiger partial charge in [-0.25, -0.2) is 4.79 Å². The number of hydrogen-bond acceptors (Lipinski definition) is 4. The van der Waals surface area contributed by atoms with Gasteiger partial charge in [-0.2, -0.15) is 0 Å². The Bertz CT molecular complexity index is 323. The highest BCUT2D eigenvalue weighted by molar-refractivity contribution is 5.72.